The highest BCUT2D eigenvalue weighted by molar-refractivity contribution is 5.96. The molecule has 31 heavy (non-hydrogen) atoms. The molecule has 0 saturated carbocycles. The number of pyridine rings is 1. The summed E-state index contributed by atoms with van der Waals surface area (Å²) < 4.78 is 1.68. The number of aromatic nitrogens is 1. The van der Waals surface area contributed by atoms with Gasteiger partial charge in [-0.05, 0) is 48.8 Å². The zero-order valence-corrected chi connectivity index (χ0v) is 18.3. The van der Waals surface area contributed by atoms with Gasteiger partial charge in [-0.3, -0.25) is 14.4 Å². The highest BCUT2D eigenvalue weighted by atomic mass is 16.2. The van der Waals surface area contributed by atoms with Crippen LogP contribution in [0.2, 0.25) is 0 Å². The Kier molecular flexibility index (Phi) is 6.54. The van der Waals surface area contributed by atoms with E-state index in [1.54, 1.807) is 4.57 Å². The van der Waals surface area contributed by atoms with Crippen LogP contribution in [0.15, 0.2) is 41.3 Å². The summed E-state index contributed by atoms with van der Waals surface area (Å²) in [6.45, 7) is 4.99. The van der Waals surface area contributed by atoms with E-state index in [4.69, 9.17) is 0 Å². The predicted molar refractivity (Wildman–Crippen MR) is 120 cm³/mol. The average Bonchev–Trinajstić information content (AvgIpc) is 3.33. The second-order valence-electron chi connectivity index (χ2n) is 8.56. The predicted octanol–water partition coefficient (Wildman–Crippen LogP) is 3.01. The number of carbonyl (C=O) groups excluding carboxylic acids is 2. The first-order valence-electron chi connectivity index (χ1n) is 11.4. The molecule has 1 aromatic heterocycles. The van der Waals surface area contributed by atoms with E-state index in [0.29, 0.717) is 51.1 Å². The van der Waals surface area contributed by atoms with Crippen molar-refractivity contribution in [1.29, 1.82) is 0 Å². The van der Waals surface area contributed by atoms with Crippen molar-refractivity contribution in [3.05, 3.63) is 69.1 Å². The standard InChI is InChI=1S/C25H31N3O3/c1-2-8-22(29)27-16-12-21-20(17-27)18-28(15-11-19-9-4-3-5-10-19)25(31)23(21)24(30)26-13-6-7-14-26/h3-5,9-10,18H,2,6-8,11-17H2,1H3. The number of nitrogens with zero attached hydrogens (tertiary/aromatic N) is 3. The van der Waals surface area contributed by atoms with Crippen molar-refractivity contribution >= 4 is 11.8 Å². The minimum atomic E-state index is -0.195. The Morgan fingerprint density at radius 3 is 2.45 bits per heavy atom. The van der Waals surface area contributed by atoms with Gasteiger partial charge in [0, 0.05) is 45.3 Å². The average molecular weight is 422 g/mol. The van der Waals surface area contributed by atoms with Gasteiger partial charge in [-0.25, -0.2) is 0 Å². The number of amides is 2. The van der Waals surface area contributed by atoms with Crippen molar-refractivity contribution in [2.45, 2.75) is 58.5 Å². The molecular formula is C25H31N3O3. The fourth-order valence-electron chi connectivity index (χ4n) is 4.66. The molecule has 6 nitrogen and oxygen atoms in total. The van der Waals surface area contributed by atoms with Crippen LogP contribution in [-0.2, 0) is 30.7 Å². The quantitative estimate of drug-likeness (QED) is 0.720. The van der Waals surface area contributed by atoms with Crippen LogP contribution in [0.25, 0.3) is 0 Å². The normalized spacial score (nSPS) is 15.8. The van der Waals surface area contributed by atoms with Gasteiger partial charge in [0.1, 0.15) is 5.56 Å². The molecule has 2 amide bonds. The molecule has 1 fully saturated rings. The molecule has 0 N–H and O–H groups in total. The molecule has 0 aliphatic carbocycles. The summed E-state index contributed by atoms with van der Waals surface area (Å²) >= 11 is 0. The lowest BCUT2D eigenvalue weighted by Gasteiger charge is -2.31. The minimum Gasteiger partial charge on any atom is -0.338 e. The maximum Gasteiger partial charge on any atom is 0.263 e. The Bertz CT molecular complexity index is 1010. The SMILES string of the molecule is CCCC(=O)N1CCc2c(cn(CCc3ccccc3)c(=O)c2C(=O)N2CCCC2)C1. The second kappa shape index (κ2) is 9.50. The Morgan fingerprint density at radius 2 is 1.74 bits per heavy atom. The Labute approximate surface area is 183 Å². The van der Waals surface area contributed by atoms with E-state index in [0.717, 1.165) is 42.4 Å². The molecule has 2 aromatic rings. The number of benzene rings is 1. The van der Waals surface area contributed by atoms with Gasteiger partial charge < -0.3 is 14.4 Å². The number of hydrogen-bond donors (Lipinski definition) is 0. The van der Waals surface area contributed by atoms with Crippen LogP contribution in [0.5, 0.6) is 0 Å². The van der Waals surface area contributed by atoms with Gasteiger partial charge in [0.05, 0.1) is 0 Å². The molecule has 0 radical (unpaired) electrons. The monoisotopic (exact) mass is 421 g/mol. The Balaban J connectivity index is 1.69. The highest BCUT2D eigenvalue weighted by Crippen LogP contribution is 2.24. The third kappa shape index (κ3) is 4.58. The van der Waals surface area contributed by atoms with Crippen molar-refractivity contribution in [2.75, 3.05) is 19.6 Å². The summed E-state index contributed by atoms with van der Waals surface area (Å²) in [5.41, 5.74) is 3.07. The van der Waals surface area contributed by atoms with E-state index in [2.05, 4.69) is 0 Å². The fourth-order valence-corrected chi connectivity index (χ4v) is 4.66. The Morgan fingerprint density at radius 1 is 1.00 bits per heavy atom. The summed E-state index contributed by atoms with van der Waals surface area (Å²) in [5, 5.41) is 0. The van der Waals surface area contributed by atoms with E-state index in [1.165, 1.54) is 0 Å². The zero-order chi connectivity index (χ0) is 21.8. The van der Waals surface area contributed by atoms with Crippen LogP contribution in [-0.4, -0.2) is 45.8 Å². The molecule has 0 spiro atoms. The second-order valence-corrected chi connectivity index (χ2v) is 8.56. The van der Waals surface area contributed by atoms with Crippen LogP contribution < -0.4 is 5.56 Å². The lowest BCUT2D eigenvalue weighted by molar-refractivity contribution is -0.132. The van der Waals surface area contributed by atoms with Crippen LogP contribution in [0, 0.1) is 0 Å². The van der Waals surface area contributed by atoms with E-state index in [-0.39, 0.29) is 17.4 Å². The van der Waals surface area contributed by atoms with Crippen molar-refractivity contribution in [3.63, 3.8) is 0 Å². The van der Waals surface area contributed by atoms with Gasteiger partial charge in [-0.1, -0.05) is 37.3 Å². The largest absolute Gasteiger partial charge is 0.338 e. The first-order valence-corrected chi connectivity index (χ1v) is 11.4. The molecule has 2 aliphatic heterocycles. The van der Waals surface area contributed by atoms with Crippen LogP contribution in [0.4, 0.5) is 0 Å². The molecule has 3 heterocycles. The number of hydrogen-bond acceptors (Lipinski definition) is 3. The molecule has 164 valence electrons. The summed E-state index contributed by atoms with van der Waals surface area (Å²) in [6, 6.07) is 10.0. The van der Waals surface area contributed by atoms with Gasteiger partial charge in [-0.2, -0.15) is 0 Å². The molecule has 0 bridgehead atoms. The number of aryl methyl sites for hydroxylation is 2. The van der Waals surface area contributed by atoms with Crippen LogP contribution >= 0.6 is 0 Å². The first-order chi connectivity index (χ1) is 15.1. The first kappa shape index (κ1) is 21.3. The minimum absolute atomic E-state index is 0.138. The number of likely N-dealkylation sites (tertiary alicyclic amines) is 1. The lowest BCUT2D eigenvalue weighted by atomic mass is 9.95. The van der Waals surface area contributed by atoms with E-state index in [9.17, 15) is 14.4 Å². The fraction of sp³-hybridized carbons (Fsp3) is 0.480. The van der Waals surface area contributed by atoms with E-state index >= 15 is 0 Å². The summed E-state index contributed by atoms with van der Waals surface area (Å²) in [6.07, 6.45) is 6.49. The summed E-state index contributed by atoms with van der Waals surface area (Å²) in [5.74, 6) is 0.00347. The molecule has 1 saturated heterocycles. The molecule has 6 heteroatoms. The van der Waals surface area contributed by atoms with Crippen molar-refractivity contribution in [2.24, 2.45) is 0 Å². The summed E-state index contributed by atoms with van der Waals surface area (Å²) in [4.78, 5) is 42.9. The van der Waals surface area contributed by atoms with E-state index in [1.807, 2.05) is 53.3 Å². The third-order valence-corrected chi connectivity index (χ3v) is 6.38. The molecule has 1 aromatic carbocycles. The molecular weight excluding hydrogens is 390 g/mol. The smallest absolute Gasteiger partial charge is 0.263 e. The number of carbonyl (C=O) groups is 2. The topological polar surface area (TPSA) is 62.6 Å². The van der Waals surface area contributed by atoms with Crippen molar-refractivity contribution in [1.82, 2.24) is 14.4 Å². The molecule has 2 aliphatic rings. The Hall–Kier alpha value is -2.89. The zero-order valence-electron chi connectivity index (χ0n) is 18.3. The van der Waals surface area contributed by atoms with Gasteiger partial charge in [0.15, 0.2) is 0 Å². The van der Waals surface area contributed by atoms with Gasteiger partial charge in [0.2, 0.25) is 5.91 Å². The molecule has 4 rings (SSSR count). The molecule has 0 atom stereocenters. The number of fused-ring (bicyclic) bond motifs is 1. The highest BCUT2D eigenvalue weighted by Gasteiger charge is 2.30. The van der Waals surface area contributed by atoms with Crippen molar-refractivity contribution in [3.8, 4) is 0 Å². The van der Waals surface area contributed by atoms with Gasteiger partial charge in [-0.15, -0.1) is 0 Å². The third-order valence-electron chi connectivity index (χ3n) is 6.38. The molecule has 0 unspecified atom stereocenters. The van der Waals surface area contributed by atoms with E-state index < -0.39 is 0 Å². The number of rotatable bonds is 6. The maximum absolute atomic E-state index is 13.4. The van der Waals surface area contributed by atoms with Gasteiger partial charge in [0.25, 0.3) is 11.5 Å². The maximum atomic E-state index is 13.4. The van der Waals surface area contributed by atoms with Crippen LogP contribution in [0.1, 0.15) is 59.7 Å². The van der Waals surface area contributed by atoms with Gasteiger partial charge >= 0.3 is 0 Å². The lowest BCUT2D eigenvalue weighted by Crippen LogP contribution is -2.42. The van der Waals surface area contributed by atoms with Crippen molar-refractivity contribution < 1.29 is 9.59 Å². The summed E-state index contributed by atoms with van der Waals surface area (Å²) in [7, 11) is 0. The van der Waals surface area contributed by atoms with Crippen LogP contribution in [0.3, 0.4) is 0 Å².